The SMILES string of the molecule is CCC1=NC(C)CC(=O)N1. The van der Waals surface area contributed by atoms with Gasteiger partial charge in [0.05, 0.1) is 6.04 Å². The maximum atomic E-state index is 10.9. The van der Waals surface area contributed by atoms with E-state index in [2.05, 4.69) is 10.3 Å². The van der Waals surface area contributed by atoms with Crippen molar-refractivity contribution < 1.29 is 4.79 Å². The second kappa shape index (κ2) is 2.82. The summed E-state index contributed by atoms with van der Waals surface area (Å²) in [5.74, 6) is 0.920. The standard InChI is InChI=1S/C7H12N2O/c1-3-6-8-5(2)4-7(10)9-6/h5H,3-4H2,1-2H3,(H,8,9,10). The number of carbonyl (C=O) groups is 1. The molecule has 0 bridgehead atoms. The van der Waals surface area contributed by atoms with Gasteiger partial charge in [0.25, 0.3) is 0 Å². The molecule has 3 heteroatoms. The highest BCUT2D eigenvalue weighted by Crippen LogP contribution is 2.03. The predicted octanol–water partition coefficient (Wildman–Crippen LogP) is 0.703. The van der Waals surface area contributed by atoms with Crippen molar-refractivity contribution in [3.05, 3.63) is 0 Å². The van der Waals surface area contributed by atoms with Gasteiger partial charge in [-0.2, -0.15) is 0 Å². The van der Waals surface area contributed by atoms with Crippen molar-refractivity contribution in [2.75, 3.05) is 0 Å². The lowest BCUT2D eigenvalue weighted by molar-refractivity contribution is -0.120. The minimum Gasteiger partial charge on any atom is -0.314 e. The van der Waals surface area contributed by atoms with Crippen LogP contribution in [0, 0.1) is 0 Å². The van der Waals surface area contributed by atoms with Crippen molar-refractivity contribution in [3.63, 3.8) is 0 Å². The molecule has 1 amide bonds. The Labute approximate surface area is 60.5 Å². The third-order valence-corrected chi connectivity index (χ3v) is 1.48. The summed E-state index contributed by atoms with van der Waals surface area (Å²) in [7, 11) is 0. The normalized spacial score (nSPS) is 25.6. The minimum atomic E-state index is 0.0966. The van der Waals surface area contributed by atoms with Gasteiger partial charge >= 0.3 is 0 Å². The highest BCUT2D eigenvalue weighted by Gasteiger charge is 2.15. The van der Waals surface area contributed by atoms with E-state index >= 15 is 0 Å². The van der Waals surface area contributed by atoms with E-state index in [1.165, 1.54) is 0 Å². The summed E-state index contributed by atoms with van der Waals surface area (Å²) in [4.78, 5) is 15.1. The van der Waals surface area contributed by atoms with Crippen LogP contribution in [0.15, 0.2) is 4.99 Å². The van der Waals surface area contributed by atoms with Crippen LogP contribution >= 0.6 is 0 Å². The number of nitrogens with zero attached hydrogens (tertiary/aromatic N) is 1. The average molecular weight is 140 g/mol. The van der Waals surface area contributed by atoms with Crippen LogP contribution in [0.1, 0.15) is 26.7 Å². The molecule has 1 unspecified atom stereocenters. The molecule has 0 fully saturated rings. The van der Waals surface area contributed by atoms with Gasteiger partial charge in [0.2, 0.25) is 5.91 Å². The van der Waals surface area contributed by atoms with Crippen LogP contribution in [0.25, 0.3) is 0 Å². The molecule has 3 nitrogen and oxygen atoms in total. The number of nitrogens with one attached hydrogen (secondary N) is 1. The number of amides is 1. The van der Waals surface area contributed by atoms with Gasteiger partial charge in [-0.1, -0.05) is 6.92 Å². The Bertz CT molecular complexity index is 174. The van der Waals surface area contributed by atoms with Gasteiger partial charge in [-0.05, 0) is 6.92 Å². The molecule has 1 aliphatic rings. The maximum absolute atomic E-state index is 10.9. The second-order valence-electron chi connectivity index (χ2n) is 2.53. The topological polar surface area (TPSA) is 41.5 Å². The van der Waals surface area contributed by atoms with Gasteiger partial charge in [-0.3, -0.25) is 9.79 Å². The van der Waals surface area contributed by atoms with Crippen molar-refractivity contribution >= 4 is 11.7 Å². The molecule has 0 saturated heterocycles. The Morgan fingerprint density at radius 3 is 3.00 bits per heavy atom. The molecule has 10 heavy (non-hydrogen) atoms. The van der Waals surface area contributed by atoms with E-state index < -0.39 is 0 Å². The molecule has 1 atom stereocenters. The molecule has 56 valence electrons. The van der Waals surface area contributed by atoms with Gasteiger partial charge in [0.15, 0.2) is 0 Å². The first-order valence-electron chi connectivity index (χ1n) is 3.59. The molecule has 0 aromatic carbocycles. The van der Waals surface area contributed by atoms with Gasteiger partial charge in [0, 0.05) is 12.8 Å². The first-order chi connectivity index (χ1) is 4.72. The van der Waals surface area contributed by atoms with Crippen LogP contribution in [0.4, 0.5) is 0 Å². The quantitative estimate of drug-likeness (QED) is 0.572. The second-order valence-corrected chi connectivity index (χ2v) is 2.53. The number of rotatable bonds is 1. The number of aliphatic imine (C=N–C) groups is 1. The lowest BCUT2D eigenvalue weighted by Gasteiger charge is -2.16. The van der Waals surface area contributed by atoms with Crippen LogP contribution in [0.5, 0.6) is 0 Å². The van der Waals surface area contributed by atoms with Crippen molar-refractivity contribution in [2.24, 2.45) is 4.99 Å². The highest BCUT2D eigenvalue weighted by molar-refractivity contribution is 6.00. The summed E-state index contributed by atoms with van der Waals surface area (Å²) in [5.41, 5.74) is 0. The highest BCUT2D eigenvalue weighted by atomic mass is 16.1. The van der Waals surface area contributed by atoms with Gasteiger partial charge in [-0.15, -0.1) is 0 Å². The lowest BCUT2D eigenvalue weighted by Crippen LogP contribution is -2.37. The molecule has 0 aromatic heterocycles. The molecule has 1 aliphatic heterocycles. The number of hydrogen-bond acceptors (Lipinski definition) is 2. The fourth-order valence-electron chi connectivity index (χ4n) is 1.00. The number of hydrogen-bond donors (Lipinski definition) is 1. The average Bonchev–Trinajstić information content (AvgIpc) is 1.85. The molecule has 1 heterocycles. The van der Waals surface area contributed by atoms with E-state index in [-0.39, 0.29) is 11.9 Å². The minimum absolute atomic E-state index is 0.0966. The summed E-state index contributed by atoms with van der Waals surface area (Å²) in [6.07, 6.45) is 1.35. The first kappa shape index (κ1) is 7.25. The van der Waals surface area contributed by atoms with E-state index in [1.54, 1.807) is 0 Å². The Balaban J connectivity index is 2.65. The van der Waals surface area contributed by atoms with Crippen LogP contribution in [0.3, 0.4) is 0 Å². The fraction of sp³-hybridized carbons (Fsp3) is 0.714. The summed E-state index contributed by atoms with van der Waals surface area (Å²) < 4.78 is 0. The first-order valence-corrected chi connectivity index (χ1v) is 3.59. The predicted molar refractivity (Wildman–Crippen MR) is 39.9 cm³/mol. The summed E-state index contributed by atoms with van der Waals surface area (Å²) in [6.45, 7) is 3.94. The van der Waals surface area contributed by atoms with Crippen molar-refractivity contribution in [2.45, 2.75) is 32.7 Å². The fourth-order valence-corrected chi connectivity index (χ4v) is 1.00. The number of amidine groups is 1. The molecular formula is C7H12N2O. The largest absolute Gasteiger partial charge is 0.314 e. The van der Waals surface area contributed by atoms with E-state index in [1.807, 2.05) is 13.8 Å². The van der Waals surface area contributed by atoms with E-state index in [0.29, 0.717) is 6.42 Å². The Kier molecular flexibility index (Phi) is 2.04. The zero-order valence-electron chi connectivity index (χ0n) is 6.35. The Morgan fingerprint density at radius 2 is 2.50 bits per heavy atom. The molecule has 0 spiro atoms. The van der Waals surface area contributed by atoms with Crippen LogP contribution in [-0.4, -0.2) is 17.8 Å². The summed E-state index contributed by atoms with van der Waals surface area (Å²) in [6, 6.07) is 0.170. The van der Waals surface area contributed by atoms with Crippen LogP contribution in [0.2, 0.25) is 0 Å². The van der Waals surface area contributed by atoms with E-state index in [4.69, 9.17) is 0 Å². The zero-order chi connectivity index (χ0) is 7.56. The van der Waals surface area contributed by atoms with E-state index in [0.717, 1.165) is 12.3 Å². The molecular weight excluding hydrogens is 128 g/mol. The number of carbonyl (C=O) groups excluding carboxylic acids is 1. The smallest absolute Gasteiger partial charge is 0.227 e. The van der Waals surface area contributed by atoms with E-state index in [9.17, 15) is 4.79 Å². The lowest BCUT2D eigenvalue weighted by atomic mass is 10.2. The van der Waals surface area contributed by atoms with Gasteiger partial charge in [-0.25, -0.2) is 0 Å². The van der Waals surface area contributed by atoms with Crippen molar-refractivity contribution in [1.29, 1.82) is 0 Å². The zero-order valence-corrected chi connectivity index (χ0v) is 6.35. The Morgan fingerprint density at radius 1 is 1.80 bits per heavy atom. The van der Waals surface area contributed by atoms with Crippen molar-refractivity contribution in [3.8, 4) is 0 Å². The molecule has 0 saturated carbocycles. The van der Waals surface area contributed by atoms with Crippen LogP contribution in [-0.2, 0) is 4.79 Å². The molecule has 0 aromatic rings. The van der Waals surface area contributed by atoms with Crippen LogP contribution < -0.4 is 5.32 Å². The molecule has 1 rings (SSSR count). The third-order valence-electron chi connectivity index (χ3n) is 1.48. The molecule has 0 radical (unpaired) electrons. The third kappa shape index (κ3) is 1.56. The van der Waals surface area contributed by atoms with Crippen molar-refractivity contribution in [1.82, 2.24) is 5.32 Å². The molecule has 0 aliphatic carbocycles. The summed E-state index contributed by atoms with van der Waals surface area (Å²) in [5, 5.41) is 2.71. The van der Waals surface area contributed by atoms with Gasteiger partial charge in [0.1, 0.15) is 5.84 Å². The van der Waals surface area contributed by atoms with Gasteiger partial charge < -0.3 is 5.32 Å². The maximum Gasteiger partial charge on any atom is 0.227 e. The Hall–Kier alpha value is -0.860. The monoisotopic (exact) mass is 140 g/mol. The summed E-state index contributed by atoms with van der Waals surface area (Å²) >= 11 is 0. The molecule has 1 N–H and O–H groups in total.